The lowest BCUT2D eigenvalue weighted by atomic mass is 10.0. The van der Waals surface area contributed by atoms with Crippen LogP contribution in [0.25, 0.3) is 0 Å². The zero-order chi connectivity index (χ0) is 15.5. The average Bonchev–Trinajstić information content (AvgIpc) is 2.64. The predicted octanol–water partition coefficient (Wildman–Crippen LogP) is 3.29. The Hall–Kier alpha value is -1.27. The molecule has 0 spiro atoms. The van der Waals surface area contributed by atoms with Gasteiger partial charge in [0.25, 0.3) is 0 Å². The fourth-order valence-corrected chi connectivity index (χ4v) is 3.44. The van der Waals surface area contributed by atoms with E-state index in [1.165, 1.54) is 12.8 Å². The van der Waals surface area contributed by atoms with E-state index in [1.54, 1.807) is 0 Å². The molecule has 0 aliphatic carbocycles. The average molecular weight is 289 g/mol. The van der Waals surface area contributed by atoms with Gasteiger partial charge in [0.15, 0.2) is 0 Å². The number of fused-ring (bicyclic) bond motifs is 2. The summed E-state index contributed by atoms with van der Waals surface area (Å²) in [6.45, 7) is 6.66. The number of carbonyl (C=O) groups excluding carboxylic acids is 1. The minimum Gasteiger partial charge on any atom is -0.460 e. The molecule has 0 saturated carbocycles. The molecule has 0 aromatic carbocycles. The smallest absolute Gasteiger partial charge is 0.306 e. The Balaban J connectivity index is 1.85. The maximum atomic E-state index is 11.8. The SMILES string of the molecule is C#CC1=CCC[C@H]2CCC1N2CCCC(=O)OC(C)(C)C. The minimum absolute atomic E-state index is 0.0996. The standard InChI is InChI=1S/C18H27NO2/c1-5-14-8-6-9-15-11-12-16(14)19(15)13-7-10-17(20)21-18(2,3)4/h1,8,15-16H,6-7,9-13H2,2-4H3/t15-,16?/m0/s1. The molecule has 0 aromatic rings. The van der Waals surface area contributed by atoms with Gasteiger partial charge in [-0.1, -0.05) is 12.0 Å². The Morgan fingerprint density at radius 1 is 1.43 bits per heavy atom. The fourth-order valence-electron chi connectivity index (χ4n) is 3.44. The van der Waals surface area contributed by atoms with Crippen molar-refractivity contribution in [2.24, 2.45) is 0 Å². The highest BCUT2D eigenvalue weighted by atomic mass is 16.6. The first-order chi connectivity index (χ1) is 9.90. The molecule has 0 aromatic heterocycles. The van der Waals surface area contributed by atoms with Gasteiger partial charge >= 0.3 is 5.97 Å². The van der Waals surface area contributed by atoms with Crippen LogP contribution in [0, 0.1) is 12.3 Å². The van der Waals surface area contributed by atoms with Crippen LogP contribution in [-0.4, -0.2) is 35.1 Å². The second kappa shape index (κ2) is 6.66. The van der Waals surface area contributed by atoms with Crippen LogP contribution in [-0.2, 0) is 9.53 Å². The lowest BCUT2D eigenvalue weighted by molar-refractivity contribution is -0.155. The van der Waals surface area contributed by atoms with Gasteiger partial charge in [-0.15, -0.1) is 6.42 Å². The van der Waals surface area contributed by atoms with Crippen LogP contribution in [0.4, 0.5) is 0 Å². The lowest BCUT2D eigenvalue weighted by Gasteiger charge is -2.28. The summed E-state index contributed by atoms with van der Waals surface area (Å²) in [5.74, 6) is 2.76. The second-order valence-electron chi connectivity index (χ2n) is 7.06. The van der Waals surface area contributed by atoms with E-state index in [-0.39, 0.29) is 5.97 Å². The van der Waals surface area contributed by atoms with E-state index in [0.29, 0.717) is 18.5 Å². The Kier molecular flexibility index (Phi) is 5.11. The van der Waals surface area contributed by atoms with Gasteiger partial charge in [-0.2, -0.15) is 0 Å². The molecule has 116 valence electrons. The van der Waals surface area contributed by atoms with Gasteiger partial charge in [0.1, 0.15) is 5.60 Å². The zero-order valence-corrected chi connectivity index (χ0v) is 13.5. The molecule has 2 aliphatic heterocycles. The maximum Gasteiger partial charge on any atom is 0.306 e. The number of esters is 1. The van der Waals surface area contributed by atoms with Crippen molar-refractivity contribution in [3.05, 3.63) is 11.6 Å². The predicted molar refractivity (Wildman–Crippen MR) is 84.7 cm³/mol. The van der Waals surface area contributed by atoms with E-state index in [2.05, 4.69) is 16.9 Å². The molecule has 3 heteroatoms. The van der Waals surface area contributed by atoms with Gasteiger partial charge in [-0.25, -0.2) is 0 Å². The van der Waals surface area contributed by atoms with Crippen molar-refractivity contribution >= 4 is 5.97 Å². The molecule has 2 aliphatic rings. The van der Waals surface area contributed by atoms with E-state index in [9.17, 15) is 4.79 Å². The van der Waals surface area contributed by atoms with Crippen molar-refractivity contribution in [1.29, 1.82) is 0 Å². The largest absolute Gasteiger partial charge is 0.460 e. The summed E-state index contributed by atoms with van der Waals surface area (Å²) in [5, 5.41) is 0. The summed E-state index contributed by atoms with van der Waals surface area (Å²) >= 11 is 0. The van der Waals surface area contributed by atoms with Crippen LogP contribution < -0.4 is 0 Å². The number of allylic oxidation sites excluding steroid dienone is 1. The number of terminal acetylenes is 1. The molecule has 1 unspecified atom stereocenters. The van der Waals surface area contributed by atoms with E-state index in [4.69, 9.17) is 11.2 Å². The van der Waals surface area contributed by atoms with Gasteiger partial charge in [0, 0.05) is 24.1 Å². The van der Waals surface area contributed by atoms with Crippen LogP contribution in [0.1, 0.15) is 59.3 Å². The first-order valence-corrected chi connectivity index (χ1v) is 8.05. The molecule has 2 rings (SSSR count). The Morgan fingerprint density at radius 2 is 2.19 bits per heavy atom. The molecule has 0 radical (unpaired) electrons. The van der Waals surface area contributed by atoms with Crippen LogP contribution in [0.15, 0.2) is 11.6 Å². The van der Waals surface area contributed by atoms with Crippen LogP contribution in [0.2, 0.25) is 0 Å². The Bertz CT molecular complexity index is 453. The van der Waals surface area contributed by atoms with Gasteiger partial charge in [-0.3, -0.25) is 9.69 Å². The number of nitrogens with zero attached hydrogens (tertiary/aromatic N) is 1. The molecular formula is C18H27NO2. The molecule has 2 heterocycles. The van der Waals surface area contributed by atoms with Crippen molar-refractivity contribution < 1.29 is 9.53 Å². The lowest BCUT2D eigenvalue weighted by Crippen LogP contribution is -2.37. The van der Waals surface area contributed by atoms with Crippen LogP contribution in [0.3, 0.4) is 0 Å². The third kappa shape index (κ3) is 4.35. The van der Waals surface area contributed by atoms with Crippen molar-refractivity contribution in [2.45, 2.75) is 77.0 Å². The Labute approximate surface area is 128 Å². The van der Waals surface area contributed by atoms with Crippen molar-refractivity contribution in [1.82, 2.24) is 4.90 Å². The molecule has 1 fully saturated rings. The van der Waals surface area contributed by atoms with Gasteiger partial charge in [0.2, 0.25) is 0 Å². The molecule has 3 nitrogen and oxygen atoms in total. The first kappa shape index (κ1) is 16.1. The Morgan fingerprint density at radius 3 is 2.86 bits per heavy atom. The fraction of sp³-hybridized carbons (Fsp3) is 0.722. The van der Waals surface area contributed by atoms with Crippen molar-refractivity contribution in [2.75, 3.05) is 6.54 Å². The monoisotopic (exact) mass is 289 g/mol. The molecule has 2 bridgehead atoms. The van der Waals surface area contributed by atoms with Crippen LogP contribution in [0.5, 0.6) is 0 Å². The molecule has 0 amide bonds. The van der Waals surface area contributed by atoms with E-state index in [0.717, 1.165) is 31.4 Å². The molecule has 1 saturated heterocycles. The summed E-state index contributed by atoms with van der Waals surface area (Å²) in [6, 6.07) is 1.04. The van der Waals surface area contributed by atoms with Crippen molar-refractivity contribution in [3.63, 3.8) is 0 Å². The number of hydrogen-bond donors (Lipinski definition) is 0. The molecule has 21 heavy (non-hydrogen) atoms. The topological polar surface area (TPSA) is 29.5 Å². The third-order valence-corrected chi connectivity index (χ3v) is 4.25. The van der Waals surface area contributed by atoms with Crippen LogP contribution >= 0.6 is 0 Å². The summed E-state index contributed by atoms with van der Waals surface area (Å²) in [5.41, 5.74) is 0.755. The molecule has 0 N–H and O–H groups in total. The number of hydrogen-bond acceptors (Lipinski definition) is 3. The normalized spacial score (nSPS) is 25.9. The van der Waals surface area contributed by atoms with Gasteiger partial charge in [-0.05, 0) is 59.4 Å². The molecule has 2 atom stereocenters. The number of ether oxygens (including phenoxy) is 1. The van der Waals surface area contributed by atoms with Gasteiger partial charge < -0.3 is 4.74 Å². The first-order valence-electron chi connectivity index (χ1n) is 8.05. The van der Waals surface area contributed by atoms with Gasteiger partial charge in [0.05, 0.1) is 0 Å². The maximum absolute atomic E-state index is 11.8. The highest BCUT2D eigenvalue weighted by Crippen LogP contribution is 2.34. The quantitative estimate of drug-likeness (QED) is 0.587. The third-order valence-electron chi connectivity index (χ3n) is 4.25. The number of rotatable bonds is 4. The molecular weight excluding hydrogens is 262 g/mol. The summed E-state index contributed by atoms with van der Waals surface area (Å²) < 4.78 is 5.36. The highest BCUT2D eigenvalue weighted by molar-refractivity contribution is 5.69. The number of carbonyl (C=O) groups is 1. The second-order valence-corrected chi connectivity index (χ2v) is 7.06. The van der Waals surface area contributed by atoms with E-state index < -0.39 is 5.60 Å². The summed E-state index contributed by atoms with van der Waals surface area (Å²) in [6.07, 6.45) is 13.9. The zero-order valence-electron chi connectivity index (χ0n) is 13.5. The van der Waals surface area contributed by atoms with E-state index >= 15 is 0 Å². The minimum atomic E-state index is -0.391. The highest BCUT2D eigenvalue weighted by Gasteiger charge is 2.35. The van der Waals surface area contributed by atoms with Crippen molar-refractivity contribution in [3.8, 4) is 12.3 Å². The summed E-state index contributed by atoms with van der Waals surface area (Å²) in [7, 11) is 0. The van der Waals surface area contributed by atoms with E-state index in [1.807, 2.05) is 20.8 Å². The summed E-state index contributed by atoms with van der Waals surface area (Å²) in [4.78, 5) is 14.3.